The van der Waals surface area contributed by atoms with Crippen LogP contribution in [0.5, 0.6) is 0 Å². The van der Waals surface area contributed by atoms with Gasteiger partial charge in [-0.05, 0) is 0 Å². The molecular weight excluding hydrogens is 261 g/mol. The SMILES string of the molecule is [2H]C([2H])(O)[C@H]1O[C@@H](n2cnc(=O)[nH]c2=O)[C@@](F)(C#C)C1O. The van der Waals surface area contributed by atoms with E-state index in [9.17, 15) is 24.2 Å². The molecule has 0 radical (unpaired) electrons. The van der Waals surface area contributed by atoms with Gasteiger partial charge in [0.2, 0.25) is 5.67 Å². The zero-order valence-electron chi connectivity index (χ0n) is 11.3. The van der Waals surface area contributed by atoms with Crippen molar-refractivity contribution in [1.29, 1.82) is 0 Å². The van der Waals surface area contributed by atoms with E-state index in [1.165, 1.54) is 0 Å². The monoisotopic (exact) mass is 273 g/mol. The lowest BCUT2D eigenvalue weighted by Gasteiger charge is -2.23. The van der Waals surface area contributed by atoms with Crippen molar-refractivity contribution in [1.82, 2.24) is 14.5 Å². The standard InChI is InChI=1S/C10H10FN3O5/c1-2-10(11)6(16)5(3-15)19-7(10)14-4-12-8(17)13-9(14)18/h1,4-7,15-16H,3H2,(H,13,17,18)/t5-,6?,7-,10-/m1/s1/i3D2. The number of halogens is 1. The second kappa shape index (κ2) is 4.58. The molecule has 4 atom stereocenters. The van der Waals surface area contributed by atoms with E-state index in [4.69, 9.17) is 13.9 Å². The Bertz CT molecular complexity index is 708. The fourth-order valence-corrected chi connectivity index (χ4v) is 1.73. The largest absolute Gasteiger partial charge is 0.394 e. The van der Waals surface area contributed by atoms with Gasteiger partial charge in [0.1, 0.15) is 18.5 Å². The zero-order chi connectivity index (χ0) is 16.0. The van der Waals surface area contributed by atoms with Crippen molar-refractivity contribution in [3.8, 4) is 12.3 Å². The Labute approximate surface area is 108 Å². The smallest absolute Gasteiger partial charge is 0.350 e. The van der Waals surface area contributed by atoms with Gasteiger partial charge < -0.3 is 14.9 Å². The van der Waals surface area contributed by atoms with Crippen LogP contribution in [-0.2, 0) is 4.74 Å². The highest BCUT2D eigenvalue weighted by Gasteiger charge is 2.57. The molecule has 2 rings (SSSR count). The molecule has 1 unspecified atom stereocenters. The number of ether oxygens (including phenoxy) is 1. The number of hydrogen-bond donors (Lipinski definition) is 3. The van der Waals surface area contributed by atoms with Crippen molar-refractivity contribution in [2.75, 3.05) is 6.56 Å². The first-order valence-corrected chi connectivity index (χ1v) is 5.01. The number of alkyl halides is 1. The van der Waals surface area contributed by atoms with Crippen LogP contribution in [0.1, 0.15) is 8.97 Å². The van der Waals surface area contributed by atoms with Gasteiger partial charge in [0.15, 0.2) is 6.23 Å². The zero-order valence-corrected chi connectivity index (χ0v) is 9.28. The number of aliphatic hydroxyl groups excluding tert-OH is 1. The first-order valence-electron chi connectivity index (χ1n) is 6.01. The van der Waals surface area contributed by atoms with E-state index in [1.54, 1.807) is 10.9 Å². The summed E-state index contributed by atoms with van der Waals surface area (Å²) in [6, 6.07) is 0. The summed E-state index contributed by atoms with van der Waals surface area (Å²) in [5, 5.41) is 19.0. The van der Waals surface area contributed by atoms with Gasteiger partial charge in [0.25, 0.3) is 0 Å². The normalized spacial score (nSPS) is 36.4. The number of H-pyrrole nitrogens is 1. The van der Waals surface area contributed by atoms with Crippen molar-refractivity contribution in [3.05, 3.63) is 27.3 Å². The van der Waals surface area contributed by atoms with Crippen LogP contribution in [0.25, 0.3) is 0 Å². The van der Waals surface area contributed by atoms with Crippen LogP contribution in [0.3, 0.4) is 0 Å². The average molecular weight is 273 g/mol. The Balaban J connectivity index is 2.55. The average Bonchev–Trinajstić information content (AvgIpc) is 2.63. The lowest BCUT2D eigenvalue weighted by Crippen LogP contribution is -2.45. The molecule has 0 aliphatic carbocycles. The molecule has 0 aromatic carbocycles. The molecule has 0 bridgehead atoms. The van der Waals surface area contributed by atoms with Crippen molar-refractivity contribution in [2.24, 2.45) is 0 Å². The fraction of sp³-hybridized carbons (Fsp3) is 0.500. The predicted octanol–water partition coefficient (Wildman–Crippen LogP) is -2.48. The van der Waals surface area contributed by atoms with E-state index < -0.39 is 42.0 Å². The Morgan fingerprint density at radius 2 is 2.47 bits per heavy atom. The second-order valence-electron chi connectivity index (χ2n) is 3.78. The minimum absolute atomic E-state index is 0.455. The first kappa shape index (κ1) is 10.9. The van der Waals surface area contributed by atoms with Gasteiger partial charge in [-0.25, -0.2) is 14.0 Å². The third-order valence-electron chi connectivity index (χ3n) is 2.70. The van der Waals surface area contributed by atoms with E-state index in [0.29, 0.717) is 10.9 Å². The predicted molar refractivity (Wildman–Crippen MR) is 58.8 cm³/mol. The molecule has 1 aromatic rings. The molecule has 1 aliphatic rings. The van der Waals surface area contributed by atoms with Crippen LogP contribution >= 0.6 is 0 Å². The quantitative estimate of drug-likeness (QED) is 0.514. The molecule has 3 N–H and O–H groups in total. The summed E-state index contributed by atoms with van der Waals surface area (Å²) in [4.78, 5) is 27.4. The van der Waals surface area contributed by atoms with Gasteiger partial charge >= 0.3 is 11.4 Å². The number of terminal acetylenes is 1. The van der Waals surface area contributed by atoms with Gasteiger partial charge in [-0.15, -0.1) is 6.42 Å². The second-order valence-corrected chi connectivity index (χ2v) is 3.78. The third kappa shape index (κ3) is 1.95. The van der Waals surface area contributed by atoms with E-state index in [0.717, 1.165) is 0 Å². The highest BCUT2D eigenvalue weighted by atomic mass is 19.1. The number of nitrogens with one attached hydrogen (secondary N) is 1. The van der Waals surface area contributed by atoms with Gasteiger partial charge in [0.05, 0.1) is 9.30 Å². The van der Waals surface area contributed by atoms with Crippen molar-refractivity contribution >= 4 is 0 Å². The Kier molecular flexibility index (Phi) is 2.62. The molecule has 19 heavy (non-hydrogen) atoms. The summed E-state index contributed by atoms with van der Waals surface area (Å²) >= 11 is 0. The molecule has 1 aliphatic heterocycles. The van der Waals surface area contributed by atoms with Crippen LogP contribution < -0.4 is 11.4 Å². The van der Waals surface area contributed by atoms with E-state index in [2.05, 4.69) is 4.98 Å². The van der Waals surface area contributed by atoms with Crippen LogP contribution in [0.2, 0.25) is 0 Å². The minimum Gasteiger partial charge on any atom is -0.394 e. The number of aromatic nitrogens is 3. The lowest BCUT2D eigenvalue weighted by molar-refractivity contribution is -0.0548. The maximum atomic E-state index is 14.7. The number of aliphatic hydroxyl groups is 2. The van der Waals surface area contributed by atoms with Gasteiger partial charge in [-0.3, -0.25) is 9.55 Å². The number of nitrogens with zero attached hydrogens (tertiary/aromatic N) is 2. The molecule has 0 spiro atoms. The molecule has 9 heteroatoms. The lowest BCUT2D eigenvalue weighted by atomic mass is 9.97. The van der Waals surface area contributed by atoms with Gasteiger partial charge in [-0.2, -0.15) is 4.98 Å². The van der Waals surface area contributed by atoms with Gasteiger partial charge in [-0.1, -0.05) is 5.92 Å². The van der Waals surface area contributed by atoms with Crippen molar-refractivity contribution < 1.29 is 22.1 Å². The molecule has 102 valence electrons. The maximum Gasteiger partial charge on any atom is 0.350 e. The summed E-state index contributed by atoms with van der Waals surface area (Å²) in [5.41, 5.74) is -5.12. The first-order chi connectivity index (χ1) is 9.61. The molecule has 2 heterocycles. The Morgan fingerprint density at radius 3 is 3.00 bits per heavy atom. The number of hydrogen-bond acceptors (Lipinski definition) is 6. The molecular formula is C10H10FN3O5. The summed E-state index contributed by atoms with van der Waals surface area (Å²) in [5.74, 6) is 1.58. The molecule has 1 aromatic heterocycles. The maximum absolute atomic E-state index is 14.7. The minimum atomic E-state index is -3.11. The Hall–Kier alpha value is -2.02. The summed E-state index contributed by atoms with van der Waals surface area (Å²) in [7, 11) is 0. The van der Waals surface area contributed by atoms with E-state index in [1.807, 2.05) is 0 Å². The molecule has 0 amide bonds. The number of aromatic amines is 1. The van der Waals surface area contributed by atoms with E-state index in [-0.39, 0.29) is 0 Å². The van der Waals surface area contributed by atoms with E-state index >= 15 is 0 Å². The van der Waals surface area contributed by atoms with Crippen LogP contribution in [0, 0.1) is 12.3 Å². The summed E-state index contributed by atoms with van der Waals surface area (Å²) in [6.45, 7) is -3.11. The Morgan fingerprint density at radius 1 is 1.79 bits per heavy atom. The highest BCUT2D eigenvalue weighted by molar-refractivity contribution is 5.19. The molecule has 0 saturated carbocycles. The van der Waals surface area contributed by atoms with Crippen molar-refractivity contribution in [3.63, 3.8) is 0 Å². The fourth-order valence-electron chi connectivity index (χ4n) is 1.73. The molecule has 1 fully saturated rings. The van der Waals surface area contributed by atoms with Gasteiger partial charge in [0, 0.05) is 0 Å². The topological polar surface area (TPSA) is 117 Å². The van der Waals surface area contributed by atoms with Crippen LogP contribution in [0.15, 0.2) is 15.9 Å². The van der Waals surface area contributed by atoms with Crippen LogP contribution in [-0.4, -0.2) is 49.2 Å². The van der Waals surface area contributed by atoms with Crippen LogP contribution in [0.4, 0.5) is 4.39 Å². The highest BCUT2D eigenvalue weighted by Crippen LogP contribution is 2.40. The molecule has 8 nitrogen and oxygen atoms in total. The summed E-state index contributed by atoms with van der Waals surface area (Å²) < 4.78 is 34.2. The summed E-state index contributed by atoms with van der Waals surface area (Å²) in [6.07, 6.45) is -0.621. The molecule has 1 saturated heterocycles. The third-order valence-corrected chi connectivity index (χ3v) is 2.70. The number of rotatable bonds is 2. The van der Waals surface area contributed by atoms with Crippen molar-refractivity contribution in [2.45, 2.75) is 24.1 Å².